The van der Waals surface area contributed by atoms with Gasteiger partial charge in [-0.15, -0.1) is 0 Å². The molecule has 1 aliphatic heterocycles. The van der Waals surface area contributed by atoms with Crippen LogP contribution in [0.1, 0.15) is 52.4 Å². The van der Waals surface area contributed by atoms with E-state index in [1.165, 1.54) is 25.7 Å². The van der Waals surface area contributed by atoms with Crippen LogP contribution in [0.4, 0.5) is 0 Å². The first kappa shape index (κ1) is 13.5. The Bertz CT molecular complexity index is 200. The molecule has 2 atom stereocenters. The van der Waals surface area contributed by atoms with Gasteiger partial charge in [0.25, 0.3) is 0 Å². The van der Waals surface area contributed by atoms with E-state index in [0.29, 0.717) is 6.04 Å². The van der Waals surface area contributed by atoms with Gasteiger partial charge in [0.1, 0.15) is 0 Å². The molecule has 1 amide bonds. The Labute approximate surface area is 99.4 Å². The molecule has 1 rings (SSSR count). The maximum atomic E-state index is 11.8. The molecule has 1 fully saturated rings. The molecule has 0 bridgehead atoms. The largest absolute Gasteiger partial charge is 0.353 e. The number of amides is 1. The van der Waals surface area contributed by atoms with Gasteiger partial charge in [-0.3, -0.25) is 4.79 Å². The molecule has 3 heteroatoms. The van der Waals surface area contributed by atoms with E-state index < -0.39 is 0 Å². The zero-order chi connectivity index (χ0) is 11.8. The van der Waals surface area contributed by atoms with E-state index in [4.69, 9.17) is 0 Å². The minimum atomic E-state index is 0.207. The van der Waals surface area contributed by atoms with Crippen molar-refractivity contribution in [2.75, 3.05) is 13.1 Å². The van der Waals surface area contributed by atoms with Gasteiger partial charge in [0, 0.05) is 12.6 Å². The smallest absolute Gasteiger partial charge is 0.224 e. The zero-order valence-corrected chi connectivity index (χ0v) is 10.7. The van der Waals surface area contributed by atoms with Crippen LogP contribution in [0.2, 0.25) is 0 Å². The van der Waals surface area contributed by atoms with Crippen molar-refractivity contribution in [2.24, 2.45) is 5.92 Å². The molecule has 1 aliphatic rings. The molecule has 0 radical (unpaired) electrons. The molecule has 0 aromatic rings. The highest BCUT2D eigenvalue weighted by Crippen LogP contribution is 2.09. The summed E-state index contributed by atoms with van der Waals surface area (Å²) in [6, 6.07) is 0.338. The quantitative estimate of drug-likeness (QED) is 0.653. The molecule has 0 aromatic carbocycles. The minimum absolute atomic E-state index is 0.207. The van der Waals surface area contributed by atoms with Gasteiger partial charge in [-0.1, -0.05) is 32.6 Å². The molecule has 2 N–H and O–H groups in total. The summed E-state index contributed by atoms with van der Waals surface area (Å²) in [5.74, 6) is 0.450. The van der Waals surface area contributed by atoms with E-state index in [2.05, 4.69) is 24.5 Å². The second-order valence-electron chi connectivity index (χ2n) is 4.95. The van der Waals surface area contributed by atoms with Crippen LogP contribution in [0, 0.1) is 5.92 Å². The van der Waals surface area contributed by atoms with Gasteiger partial charge in [0.2, 0.25) is 5.91 Å². The fraction of sp³-hybridized carbons (Fsp3) is 0.923. The molecule has 1 saturated heterocycles. The topological polar surface area (TPSA) is 41.1 Å². The molecular weight excluding hydrogens is 200 g/mol. The predicted octanol–water partition coefficient (Wildman–Crippen LogP) is 2.07. The van der Waals surface area contributed by atoms with Gasteiger partial charge < -0.3 is 10.6 Å². The first-order chi connectivity index (χ1) is 7.74. The van der Waals surface area contributed by atoms with Crippen LogP contribution >= 0.6 is 0 Å². The summed E-state index contributed by atoms with van der Waals surface area (Å²) in [6.07, 6.45) is 7.22. The Kier molecular flexibility index (Phi) is 6.46. The van der Waals surface area contributed by atoms with Crippen molar-refractivity contribution in [3.8, 4) is 0 Å². The SMILES string of the molecule is CCCCCCC(C)NC(=O)C1CCNC1. The van der Waals surface area contributed by atoms with E-state index in [0.717, 1.165) is 25.9 Å². The van der Waals surface area contributed by atoms with E-state index in [-0.39, 0.29) is 11.8 Å². The van der Waals surface area contributed by atoms with Crippen LogP contribution in [-0.4, -0.2) is 25.0 Å². The lowest BCUT2D eigenvalue weighted by atomic mass is 10.1. The Morgan fingerprint density at radius 2 is 2.25 bits per heavy atom. The van der Waals surface area contributed by atoms with Crippen LogP contribution in [0.15, 0.2) is 0 Å². The number of carbonyl (C=O) groups excluding carboxylic acids is 1. The maximum Gasteiger partial charge on any atom is 0.224 e. The summed E-state index contributed by atoms with van der Waals surface area (Å²) in [6.45, 7) is 6.18. The van der Waals surface area contributed by atoms with Gasteiger partial charge in [0.15, 0.2) is 0 Å². The molecule has 1 heterocycles. The molecule has 0 aliphatic carbocycles. The third kappa shape index (κ3) is 4.97. The van der Waals surface area contributed by atoms with Crippen molar-refractivity contribution >= 4 is 5.91 Å². The summed E-state index contributed by atoms with van der Waals surface area (Å²) in [5.41, 5.74) is 0. The van der Waals surface area contributed by atoms with E-state index >= 15 is 0 Å². The minimum Gasteiger partial charge on any atom is -0.353 e. The zero-order valence-electron chi connectivity index (χ0n) is 10.7. The average molecular weight is 226 g/mol. The summed E-state index contributed by atoms with van der Waals surface area (Å²) < 4.78 is 0. The Balaban J connectivity index is 2.08. The summed E-state index contributed by atoms with van der Waals surface area (Å²) in [4.78, 5) is 11.8. The molecule has 3 nitrogen and oxygen atoms in total. The number of hydrogen-bond acceptors (Lipinski definition) is 2. The Hall–Kier alpha value is -0.570. The second-order valence-corrected chi connectivity index (χ2v) is 4.95. The number of rotatable bonds is 7. The molecule has 94 valence electrons. The van der Waals surface area contributed by atoms with Crippen molar-refractivity contribution in [3.63, 3.8) is 0 Å². The van der Waals surface area contributed by atoms with E-state index in [9.17, 15) is 4.79 Å². The number of hydrogen-bond donors (Lipinski definition) is 2. The first-order valence-electron chi connectivity index (χ1n) is 6.75. The van der Waals surface area contributed by atoms with Gasteiger partial charge in [-0.05, 0) is 26.3 Å². The lowest BCUT2D eigenvalue weighted by Gasteiger charge is -2.16. The molecule has 0 aromatic heterocycles. The van der Waals surface area contributed by atoms with Gasteiger partial charge in [-0.25, -0.2) is 0 Å². The fourth-order valence-corrected chi connectivity index (χ4v) is 2.19. The van der Waals surface area contributed by atoms with Crippen molar-refractivity contribution in [2.45, 2.75) is 58.4 Å². The maximum absolute atomic E-state index is 11.8. The highest BCUT2D eigenvalue weighted by molar-refractivity contribution is 5.79. The second kappa shape index (κ2) is 7.66. The average Bonchev–Trinajstić information content (AvgIpc) is 2.77. The van der Waals surface area contributed by atoms with Crippen LogP contribution in [-0.2, 0) is 4.79 Å². The van der Waals surface area contributed by atoms with Gasteiger partial charge >= 0.3 is 0 Å². The standard InChI is InChI=1S/C13H26N2O/c1-3-4-5-6-7-11(2)15-13(16)12-8-9-14-10-12/h11-12,14H,3-10H2,1-2H3,(H,15,16). The molecular formula is C13H26N2O. The normalized spacial score (nSPS) is 22.0. The Morgan fingerprint density at radius 3 is 2.88 bits per heavy atom. The number of nitrogens with one attached hydrogen (secondary N) is 2. The third-order valence-corrected chi connectivity index (χ3v) is 3.31. The van der Waals surface area contributed by atoms with E-state index in [1.807, 2.05) is 0 Å². The summed E-state index contributed by atoms with van der Waals surface area (Å²) >= 11 is 0. The van der Waals surface area contributed by atoms with Crippen molar-refractivity contribution < 1.29 is 4.79 Å². The van der Waals surface area contributed by atoms with Crippen LogP contribution in [0.25, 0.3) is 0 Å². The molecule has 2 unspecified atom stereocenters. The molecule has 0 saturated carbocycles. The van der Waals surface area contributed by atoms with Gasteiger partial charge in [-0.2, -0.15) is 0 Å². The highest BCUT2D eigenvalue weighted by atomic mass is 16.2. The fourth-order valence-electron chi connectivity index (χ4n) is 2.19. The Morgan fingerprint density at radius 1 is 1.44 bits per heavy atom. The van der Waals surface area contributed by atoms with Crippen molar-refractivity contribution in [1.82, 2.24) is 10.6 Å². The highest BCUT2D eigenvalue weighted by Gasteiger charge is 2.22. The summed E-state index contributed by atoms with van der Waals surface area (Å²) in [5, 5.41) is 6.35. The van der Waals surface area contributed by atoms with Crippen LogP contribution in [0.3, 0.4) is 0 Å². The third-order valence-electron chi connectivity index (χ3n) is 3.31. The van der Waals surface area contributed by atoms with Gasteiger partial charge in [0.05, 0.1) is 5.92 Å². The van der Waals surface area contributed by atoms with E-state index in [1.54, 1.807) is 0 Å². The lowest BCUT2D eigenvalue weighted by Crippen LogP contribution is -2.38. The molecule has 0 spiro atoms. The van der Waals surface area contributed by atoms with Crippen molar-refractivity contribution in [3.05, 3.63) is 0 Å². The van der Waals surface area contributed by atoms with Crippen LogP contribution < -0.4 is 10.6 Å². The number of carbonyl (C=O) groups is 1. The number of unbranched alkanes of at least 4 members (excludes halogenated alkanes) is 3. The predicted molar refractivity (Wildman–Crippen MR) is 67.3 cm³/mol. The van der Waals surface area contributed by atoms with Crippen LogP contribution in [0.5, 0.6) is 0 Å². The lowest BCUT2D eigenvalue weighted by molar-refractivity contribution is -0.125. The van der Waals surface area contributed by atoms with Crippen molar-refractivity contribution in [1.29, 1.82) is 0 Å². The monoisotopic (exact) mass is 226 g/mol. The summed E-state index contributed by atoms with van der Waals surface area (Å²) in [7, 11) is 0. The molecule has 16 heavy (non-hydrogen) atoms. The first-order valence-corrected chi connectivity index (χ1v) is 6.75.